The van der Waals surface area contributed by atoms with E-state index in [1.54, 1.807) is 13.3 Å². The molecule has 3 aromatic rings. The molecule has 1 aliphatic rings. The van der Waals surface area contributed by atoms with E-state index in [0.29, 0.717) is 12.0 Å². The average molecular weight is 332 g/mol. The number of nitrogens with zero attached hydrogens (tertiary/aromatic N) is 3. The number of nitrogens with one attached hydrogen (secondary N) is 1. The molecule has 1 N–H and O–H groups in total. The number of hydrogen-bond donors (Lipinski definition) is 1. The first-order valence-corrected chi connectivity index (χ1v) is 8.36. The first kappa shape index (κ1) is 15.4. The van der Waals surface area contributed by atoms with Crippen molar-refractivity contribution in [3.05, 3.63) is 66.4 Å². The van der Waals surface area contributed by atoms with Crippen LogP contribution < -0.4 is 15.0 Å². The maximum Gasteiger partial charge on any atom is 0.229 e. The third-order valence-electron chi connectivity index (χ3n) is 4.45. The highest BCUT2D eigenvalue weighted by atomic mass is 16.5. The Bertz CT molecular complexity index is 896. The van der Waals surface area contributed by atoms with Gasteiger partial charge >= 0.3 is 0 Å². The van der Waals surface area contributed by atoms with Crippen LogP contribution in [0.4, 0.5) is 23.1 Å². The van der Waals surface area contributed by atoms with E-state index in [1.807, 2.05) is 30.3 Å². The lowest BCUT2D eigenvalue weighted by molar-refractivity contribution is 0.417. The minimum absolute atomic E-state index is 0.367. The molecule has 0 saturated carbocycles. The molecular formula is C20H20N4O. The standard InChI is InChI=1S/C20H20N4O/c1-14-13-15-7-3-5-9-17(15)24(14)19-11-12-21-20(23-19)22-16-8-4-6-10-18(16)25-2/h3-12,14H,13H2,1-2H3,(H,21,22,23). The van der Waals surface area contributed by atoms with Crippen LogP contribution in [-0.2, 0) is 6.42 Å². The molecule has 0 spiro atoms. The molecule has 4 rings (SSSR count). The molecule has 1 aliphatic heterocycles. The molecule has 1 atom stereocenters. The van der Waals surface area contributed by atoms with Crippen molar-refractivity contribution in [1.82, 2.24) is 9.97 Å². The Morgan fingerprint density at radius 3 is 2.76 bits per heavy atom. The van der Waals surface area contributed by atoms with Gasteiger partial charge in [-0.2, -0.15) is 4.98 Å². The fourth-order valence-electron chi connectivity index (χ4n) is 3.33. The molecule has 126 valence electrons. The van der Waals surface area contributed by atoms with Crippen LogP contribution in [0, 0.1) is 0 Å². The molecule has 0 aliphatic carbocycles. The molecule has 1 unspecified atom stereocenters. The van der Waals surface area contributed by atoms with Crippen molar-refractivity contribution in [2.75, 3.05) is 17.3 Å². The summed E-state index contributed by atoms with van der Waals surface area (Å²) in [6, 6.07) is 18.5. The summed E-state index contributed by atoms with van der Waals surface area (Å²) in [5.41, 5.74) is 3.42. The molecule has 1 aromatic heterocycles. The van der Waals surface area contributed by atoms with Crippen LogP contribution in [0.5, 0.6) is 5.75 Å². The van der Waals surface area contributed by atoms with Crippen LogP contribution in [0.1, 0.15) is 12.5 Å². The van der Waals surface area contributed by atoms with Gasteiger partial charge in [-0.1, -0.05) is 30.3 Å². The zero-order valence-electron chi connectivity index (χ0n) is 14.3. The summed E-state index contributed by atoms with van der Waals surface area (Å²) in [5.74, 6) is 2.21. The Hall–Kier alpha value is -3.08. The van der Waals surface area contributed by atoms with E-state index in [2.05, 4.69) is 46.4 Å². The number of benzene rings is 2. The van der Waals surface area contributed by atoms with Crippen LogP contribution in [0.15, 0.2) is 60.8 Å². The van der Waals surface area contributed by atoms with Crippen LogP contribution >= 0.6 is 0 Å². The lowest BCUT2D eigenvalue weighted by Gasteiger charge is -2.24. The number of fused-ring (bicyclic) bond motifs is 1. The SMILES string of the molecule is COc1ccccc1Nc1nccc(N2c3ccccc3CC2C)n1. The Labute approximate surface area is 147 Å². The van der Waals surface area contributed by atoms with Gasteiger partial charge < -0.3 is 15.0 Å². The summed E-state index contributed by atoms with van der Waals surface area (Å²) in [6.07, 6.45) is 2.81. The first-order chi connectivity index (χ1) is 12.3. The van der Waals surface area contributed by atoms with E-state index in [4.69, 9.17) is 9.72 Å². The highest BCUT2D eigenvalue weighted by Crippen LogP contribution is 2.37. The van der Waals surface area contributed by atoms with Gasteiger partial charge in [-0.15, -0.1) is 0 Å². The number of rotatable bonds is 4. The zero-order chi connectivity index (χ0) is 17.2. The summed E-state index contributed by atoms with van der Waals surface area (Å²) in [6.45, 7) is 2.22. The second kappa shape index (κ2) is 6.43. The van der Waals surface area contributed by atoms with E-state index in [-0.39, 0.29) is 0 Å². The van der Waals surface area contributed by atoms with Crippen LogP contribution in [0.2, 0.25) is 0 Å². The van der Waals surface area contributed by atoms with Gasteiger partial charge in [0.2, 0.25) is 5.95 Å². The number of aromatic nitrogens is 2. The first-order valence-electron chi connectivity index (χ1n) is 8.36. The number of ether oxygens (including phenoxy) is 1. The van der Waals surface area contributed by atoms with Crippen LogP contribution in [-0.4, -0.2) is 23.1 Å². The van der Waals surface area contributed by atoms with Crippen LogP contribution in [0.25, 0.3) is 0 Å². The monoisotopic (exact) mass is 332 g/mol. The summed E-state index contributed by atoms with van der Waals surface area (Å²) >= 11 is 0. The van der Waals surface area contributed by atoms with Gasteiger partial charge in [0.15, 0.2) is 0 Å². The van der Waals surface area contributed by atoms with Crippen molar-refractivity contribution in [3.8, 4) is 5.75 Å². The smallest absolute Gasteiger partial charge is 0.229 e. The summed E-state index contributed by atoms with van der Waals surface area (Å²) in [4.78, 5) is 11.3. The van der Waals surface area contributed by atoms with Gasteiger partial charge in [0.05, 0.1) is 12.8 Å². The Balaban J connectivity index is 1.66. The Morgan fingerprint density at radius 1 is 1.08 bits per heavy atom. The topological polar surface area (TPSA) is 50.3 Å². The second-order valence-corrected chi connectivity index (χ2v) is 6.12. The summed E-state index contributed by atoms with van der Waals surface area (Å²) in [5, 5.41) is 3.25. The van der Waals surface area contributed by atoms with Crippen molar-refractivity contribution < 1.29 is 4.74 Å². The third-order valence-corrected chi connectivity index (χ3v) is 4.45. The van der Waals surface area contributed by atoms with Gasteiger partial charge in [0, 0.05) is 17.9 Å². The predicted octanol–water partition coefficient (Wildman–Crippen LogP) is 4.31. The Kier molecular flexibility index (Phi) is 3.98. The molecule has 0 fully saturated rings. The lowest BCUT2D eigenvalue weighted by Crippen LogP contribution is -2.25. The van der Waals surface area contributed by atoms with E-state index in [1.165, 1.54) is 11.3 Å². The van der Waals surface area contributed by atoms with Gasteiger partial charge in [-0.25, -0.2) is 4.98 Å². The number of para-hydroxylation sites is 3. The third kappa shape index (κ3) is 2.89. The van der Waals surface area contributed by atoms with Crippen molar-refractivity contribution >= 4 is 23.1 Å². The quantitative estimate of drug-likeness (QED) is 0.771. The van der Waals surface area contributed by atoms with Crippen molar-refractivity contribution in [2.45, 2.75) is 19.4 Å². The largest absolute Gasteiger partial charge is 0.495 e. The Morgan fingerprint density at radius 2 is 1.88 bits per heavy atom. The molecule has 0 bridgehead atoms. The molecule has 2 heterocycles. The maximum atomic E-state index is 5.38. The molecule has 25 heavy (non-hydrogen) atoms. The molecule has 5 nitrogen and oxygen atoms in total. The normalized spacial score (nSPS) is 15.8. The average Bonchev–Trinajstić information content (AvgIpc) is 2.98. The molecule has 2 aromatic carbocycles. The number of methoxy groups -OCH3 is 1. The molecule has 0 radical (unpaired) electrons. The lowest BCUT2D eigenvalue weighted by atomic mass is 10.1. The van der Waals surface area contributed by atoms with Crippen molar-refractivity contribution in [1.29, 1.82) is 0 Å². The highest BCUT2D eigenvalue weighted by Gasteiger charge is 2.27. The fraction of sp³-hybridized carbons (Fsp3) is 0.200. The highest BCUT2D eigenvalue weighted by molar-refractivity contribution is 5.70. The zero-order valence-corrected chi connectivity index (χ0v) is 14.3. The number of anilines is 4. The van der Waals surface area contributed by atoms with E-state index < -0.39 is 0 Å². The molecule has 5 heteroatoms. The second-order valence-electron chi connectivity index (χ2n) is 6.12. The van der Waals surface area contributed by atoms with Gasteiger partial charge in [0.1, 0.15) is 11.6 Å². The molecule has 0 saturated heterocycles. The van der Waals surface area contributed by atoms with Crippen molar-refractivity contribution in [3.63, 3.8) is 0 Å². The van der Waals surface area contributed by atoms with Gasteiger partial charge in [-0.05, 0) is 43.2 Å². The minimum atomic E-state index is 0.367. The minimum Gasteiger partial charge on any atom is -0.495 e. The molecular weight excluding hydrogens is 312 g/mol. The van der Waals surface area contributed by atoms with Gasteiger partial charge in [-0.3, -0.25) is 0 Å². The predicted molar refractivity (Wildman–Crippen MR) is 100 cm³/mol. The maximum absolute atomic E-state index is 5.38. The van der Waals surface area contributed by atoms with E-state index >= 15 is 0 Å². The van der Waals surface area contributed by atoms with E-state index in [0.717, 1.165) is 23.7 Å². The van der Waals surface area contributed by atoms with Crippen molar-refractivity contribution in [2.24, 2.45) is 0 Å². The summed E-state index contributed by atoms with van der Waals surface area (Å²) in [7, 11) is 1.65. The number of hydrogen-bond acceptors (Lipinski definition) is 5. The molecule has 0 amide bonds. The fourth-order valence-corrected chi connectivity index (χ4v) is 3.33. The van der Waals surface area contributed by atoms with Crippen LogP contribution in [0.3, 0.4) is 0 Å². The van der Waals surface area contributed by atoms with E-state index in [9.17, 15) is 0 Å². The van der Waals surface area contributed by atoms with Gasteiger partial charge in [0.25, 0.3) is 0 Å². The summed E-state index contributed by atoms with van der Waals surface area (Å²) < 4.78 is 5.38.